The molecular formula is C23H21NO3. The summed E-state index contributed by atoms with van der Waals surface area (Å²) in [5.74, 6) is 7.06. The van der Waals surface area contributed by atoms with Crippen molar-refractivity contribution in [3.63, 3.8) is 0 Å². The van der Waals surface area contributed by atoms with Gasteiger partial charge in [-0.25, -0.2) is 0 Å². The first-order valence-corrected chi connectivity index (χ1v) is 8.80. The minimum atomic E-state index is -0.582. The maximum absolute atomic E-state index is 12.0. The van der Waals surface area contributed by atoms with Crippen LogP contribution in [0.15, 0.2) is 72.8 Å². The van der Waals surface area contributed by atoms with Gasteiger partial charge in [0.05, 0.1) is 6.54 Å². The second-order valence-electron chi connectivity index (χ2n) is 5.91. The SMILES string of the molecule is CC(Oc1ccccc1)C(=O)NCC#CCOc1cccc2ccccc12. The van der Waals surface area contributed by atoms with Gasteiger partial charge in [-0.3, -0.25) is 4.79 Å². The largest absolute Gasteiger partial charge is 0.481 e. The highest BCUT2D eigenvalue weighted by Crippen LogP contribution is 2.24. The van der Waals surface area contributed by atoms with Gasteiger partial charge in [0.25, 0.3) is 5.91 Å². The van der Waals surface area contributed by atoms with Crippen LogP contribution in [-0.4, -0.2) is 25.2 Å². The Morgan fingerprint density at radius 1 is 0.963 bits per heavy atom. The molecular weight excluding hydrogens is 338 g/mol. The summed E-state index contributed by atoms with van der Waals surface area (Å²) in [7, 11) is 0. The van der Waals surface area contributed by atoms with E-state index in [4.69, 9.17) is 9.47 Å². The standard InChI is InChI=1S/C23H21NO3/c1-18(27-20-12-3-2-4-13-20)23(25)24-16-7-8-17-26-22-15-9-11-19-10-5-6-14-21(19)22/h2-6,9-15,18H,16-17H2,1H3,(H,24,25). The van der Waals surface area contributed by atoms with Crippen LogP contribution in [0.5, 0.6) is 11.5 Å². The predicted molar refractivity (Wildman–Crippen MR) is 107 cm³/mol. The highest BCUT2D eigenvalue weighted by molar-refractivity contribution is 5.88. The summed E-state index contributed by atoms with van der Waals surface area (Å²) in [6, 6.07) is 23.2. The number of ether oxygens (including phenoxy) is 2. The van der Waals surface area contributed by atoms with E-state index in [1.807, 2.05) is 72.8 Å². The maximum Gasteiger partial charge on any atom is 0.261 e. The number of amides is 1. The van der Waals surface area contributed by atoms with Gasteiger partial charge in [-0.1, -0.05) is 66.4 Å². The van der Waals surface area contributed by atoms with Gasteiger partial charge in [0.2, 0.25) is 0 Å². The maximum atomic E-state index is 12.0. The average molecular weight is 359 g/mol. The van der Waals surface area contributed by atoms with E-state index in [-0.39, 0.29) is 19.1 Å². The molecule has 1 unspecified atom stereocenters. The smallest absolute Gasteiger partial charge is 0.261 e. The number of hydrogen-bond acceptors (Lipinski definition) is 3. The molecule has 0 aliphatic rings. The monoisotopic (exact) mass is 359 g/mol. The molecule has 1 amide bonds. The molecule has 4 heteroatoms. The van der Waals surface area contributed by atoms with Crippen molar-refractivity contribution in [2.24, 2.45) is 0 Å². The van der Waals surface area contributed by atoms with Gasteiger partial charge in [0.1, 0.15) is 18.1 Å². The Labute approximate surface area is 159 Å². The highest BCUT2D eigenvalue weighted by atomic mass is 16.5. The number of benzene rings is 3. The lowest BCUT2D eigenvalue weighted by molar-refractivity contribution is -0.126. The molecule has 1 atom stereocenters. The van der Waals surface area contributed by atoms with Crippen LogP contribution in [0.4, 0.5) is 0 Å². The molecule has 0 saturated carbocycles. The third-order valence-electron chi connectivity index (χ3n) is 3.95. The summed E-state index contributed by atoms with van der Waals surface area (Å²) in [6.45, 7) is 2.22. The molecule has 3 aromatic carbocycles. The lowest BCUT2D eigenvalue weighted by Gasteiger charge is -2.13. The van der Waals surface area contributed by atoms with Gasteiger partial charge in [0.15, 0.2) is 6.10 Å². The highest BCUT2D eigenvalue weighted by Gasteiger charge is 2.13. The molecule has 0 aliphatic heterocycles. The Morgan fingerprint density at radius 2 is 1.70 bits per heavy atom. The zero-order valence-corrected chi connectivity index (χ0v) is 15.1. The third kappa shape index (κ3) is 5.26. The van der Waals surface area contributed by atoms with Crippen LogP contribution in [0.25, 0.3) is 10.8 Å². The summed E-state index contributed by atoms with van der Waals surface area (Å²) >= 11 is 0. The number of fused-ring (bicyclic) bond motifs is 1. The van der Waals surface area contributed by atoms with E-state index < -0.39 is 6.10 Å². The van der Waals surface area contributed by atoms with E-state index in [0.717, 1.165) is 16.5 Å². The van der Waals surface area contributed by atoms with Crippen molar-refractivity contribution in [2.45, 2.75) is 13.0 Å². The number of nitrogens with one attached hydrogen (secondary N) is 1. The molecule has 0 bridgehead atoms. The van der Waals surface area contributed by atoms with E-state index >= 15 is 0 Å². The quantitative estimate of drug-likeness (QED) is 0.681. The Bertz CT molecular complexity index is 952. The zero-order valence-electron chi connectivity index (χ0n) is 15.1. The summed E-state index contributed by atoms with van der Waals surface area (Å²) in [6.07, 6.45) is -0.582. The Morgan fingerprint density at radius 3 is 2.56 bits per heavy atom. The van der Waals surface area contributed by atoms with Crippen molar-refractivity contribution in [1.29, 1.82) is 0 Å². The van der Waals surface area contributed by atoms with Crippen LogP contribution < -0.4 is 14.8 Å². The van der Waals surface area contributed by atoms with Gasteiger partial charge >= 0.3 is 0 Å². The van der Waals surface area contributed by atoms with Gasteiger partial charge in [-0.05, 0) is 30.5 Å². The van der Waals surface area contributed by atoms with E-state index in [2.05, 4.69) is 17.2 Å². The molecule has 0 heterocycles. The normalized spacial score (nSPS) is 11.1. The summed E-state index contributed by atoms with van der Waals surface area (Å²) in [5, 5.41) is 4.92. The molecule has 0 saturated heterocycles. The number of para-hydroxylation sites is 1. The van der Waals surface area contributed by atoms with Crippen LogP contribution in [0.1, 0.15) is 6.92 Å². The molecule has 0 fully saturated rings. The lowest BCUT2D eigenvalue weighted by Crippen LogP contribution is -2.36. The number of rotatable bonds is 6. The van der Waals surface area contributed by atoms with Crippen molar-refractivity contribution in [3.05, 3.63) is 72.8 Å². The number of hydrogen-bond donors (Lipinski definition) is 1. The van der Waals surface area contributed by atoms with Crippen LogP contribution in [0.3, 0.4) is 0 Å². The van der Waals surface area contributed by atoms with Crippen molar-refractivity contribution in [1.82, 2.24) is 5.32 Å². The molecule has 4 nitrogen and oxygen atoms in total. The fourth-order valence-corrected chi connectivity index (χ4v) is 2.58. The van der Waals surface area contributed by atoms with Crippen molar-refractivity contribution in [2.75, 3.05) is 13.2 Å². The molecule has 3 aromatic rings. The molecule has 1 N–H and O–H groups in total. The predicted octanol–water partition coefficient (Wildman–Crippen LogP) is 3.81. The zero-order chi connectivity index (χ0) is 18.9. The first-order valence-electron chi connectivity index (χ1n) is 8.80. The Kier molecular flexibility index (Phi) is 6.32. The van der Waals surface area contributed by atoms with E-state index in [1.165, 1.54) is 0 Å². The van der Waals surface area contributed by atoms with Crippen LogP contribution in [-0.2, 0) is 4.79 Å². The van der Waals surface area contributed by atoms with E-state index in [0.29, 0.717) is 5.75 Å². The summed E-state index contributed by atoms with van der Waals surface area (Å²) in [5.41, 5.74) is 0. The van der Waals surface area contributed by atoms with Gasteiger partial charge in [0, 0.05) is 5.39 Å². The van der Waals surface area contributed by atoms with Gasteiger partial charge < -0.3 is 14.8 Å². The molecule has 3 rings (SSSR count). The Balaban J connectivity index is 1.43. The number of carbonyl (C=O) groups is 1. The molecule has 0 aromatic heterocycles. The van der Waals surface area contributed by atoms with Crippen molar-refractivity contribution in [3.8, 4) is 23.3 Å². The molecule has 136 valence electrons. The summed E-state index contributed by atoms with van der Waals surface area (Å²) < 4.78 is 11.3. The third-order valence-corrected chi connectivity index (χ3v) is 3.95. The fraction of sp³-hybridized carbons (Fsp3) is 0.174. The second kappa shape index (κ2) is 9.30. The van der Waals surface area contributed by atoms with Crippen LogP contribution in [0, 0.1) is 11.8 Å². The molecule has 0 spiro atoms. The summed E-state index contributed by atoms with van der Waals surface area (Å²) in [4.78, 5) is 12.0. The number of carbonyl (C=O) groups excluding carboxylic acids is 1. The fourth-order valence-electron chi connectivity index (χ4n) is 2.58. The van der Waals surface area contributed by atoms with Gasteiger partial charge in [-0.2, -0.15) is 0 Å². The van der Waals surface area contributed by atoms with E-state index in [1.54, 1.807) is 6.92 Å². The van der Waals surface area contributed by atoms with Gasteiger partial charge in [-0.15, -0.1) is 0 Å². The topological polar surface area (TPSA) is 47.6 Å². The minimum absolute atomic E-state index is 0.205. The molecule has 27 heavy (non-hydrogen) atoms. The van der Waals surface area contributed by atoms with Crippen LogP contribution in [0.2, 0.25) is 0 Å². The first-order chi connectivity index (χ1) is 13.2. The lowest BCUT2D eigenvalue weighted by atomic mass is 10.1. The average Bonchev–Trinajstić information content (AvgIpc) is 2.71. The molecule has 0 aliphatic carbocycles. The minimum Gasteiger partial charge on any atom is -0.481 e. The first kappa shape index (κ1) is 18.3. The van der Waals surface area contributed by atoms with E-state index in [9.17, 15) is 4.79 Å². The molecule has 0 radical (unpaired) electrons. The Hall–Kier alpha value is -3.45. The second-order valence-corrected chi connectivity index (χ2v) is 5.91. The van der Waals surface area contributed by atoms with Crippen molar-refractivity contribution < 1.29 is 14.3 Å². The van der Waals surface area contributed by atoms with Crippen LogP contribution >= 0.6 is 0 Å². The van der Waals surface area contributed by atoms with Crippen molar-refractivity contribution >= 4 is 16.7 Å².